The normalized spacial score (nSPS) is 20.2. The standard InChI is InChI=1S/C18H18FN3O2S/c19-14-6-4-12(5-7-14)16-2-1-3-18(16)22-17-9-8-15(25(21,23)24)10-13(17)11-20/h4-10,16,18,22H,1-3H2,(H2,21,23,24). The lowest BCUT2D eigenvalue weighted by atomic mass is 9.93. The molecule has 0 bridgehead atoms. The second kappa shape index (κ2) is 6.82. The van der Waals surface area contributed by atoms with E-state index in [2.05, 4.69) is 5.32 Å². The molecule has 2 atom stereocenters. The lowest BCUT2D eigenvalue weighted by Crippen LogP contribution is -2.23. The highest BCUT2D eigenvalue weighted by molar-refractivity contribution is 7.89. The van der Waals surface area contributed by atoms with Crippen LogP contribution in [0.4, 0.5) is 10.1 Å². The second-order valence-corrected chi connectivity index (χ2v) is 7.77. The minimum Gasteiger partial charge on any atom is -0.381 e. The molecule has 0 heterocycles. The number of benzene rings is 2. The number of anilines is 1. The molecule has 25 heavy (non-hydrogen) atoms. The van der Waals surface area contributed by atoms with E-state index < -0.39 is 10.0 Å². The summed E-state index contributed by atoms with van der Waals surface area (Å²) in [6.07, 6.45) is 2.92. The van der Waals surface area contributed by atoms with Gasteiger partial charge < -0.3 is 5.32 Å². The topological polar surface area (TPSA) is 96.0 Å². The number of nitrogens with two attached hydrogens (primary N) is 1. The molecular formula is C18H18FN3O2S. The zero-order chi connectivity index (χ0) is 18.0. The van der Waals surface area contributed by atoms with Gasteiger partial charge in [-0.3, -0.25) is 0 Å². The van der Waals surface area contributed by atoms with Crippen molar-refractivity contribution in [1.82, 2.24) is 0 Å². The summed E-state index contributed by atoms with van der Waals surface area (Å²) < 4.78 is 36.0. The minimum absolute atomic E-state index is 0.0869. The van der Waals surface area contributed by atoms with E-state index in [1.165, 1.54) is 24.3 Å². The highest BCUT2D eigenvalue weighted by Crippen LogP contribution is 2.37. The molecule has 1 saturated carbocycles. The van der Waals surface area contributed by atoms with Crippen molar-refractivity contribution < 1.29 is 12.8 Å². The van der Waals surface area contributed by atoms with Crippen LogP contribution in [0.5, 0.6) is 0 Å². The van der Waals surface area contributed by atoms with Gasteiger partial charge in [0.1, 0.15) is 11.9 Å². The van der Waals surface area contributed by atoms with Crippen LogP contribution >= 0.6 is 0 Å². The molecule has 2 aromatic rings. The second-order valence-electron chi connectivity index (χ2n) is 6.20. The lowest BCUT2D eigenvalue weighted by molar-refractivity contribution is 0.597. The fourth-order valence-electron chi connectivity index (χ4n) is 3.36. The molecular weight excluding hydrogens is 341 g/mol. The number of primary sulfonamides is 1. The first kappa shape index (κ1) is 17.4. The van der Waals surface area contributed by atoms with E-state index in [1.807, 2.05) is 6.07 Å². The van der Waals surface area contributed by atoms with Gasteiger partial charge in [0.25, 0.3) is 0 Å². The Morgan fingerprint density at radius 2 is 1.88 bits per heavy atom. The Morgan fingerprint density at radius 1 is 1.16 bits per heavy atom. The predicted octanol–water partition coefficient (Wildman–Crippen LogP) is 3.09. The first-order valence-electron chi connectivity index (χ1n) is 7.97. The van der Waals surface area contributed by atoms with E-state index in [-0.39, 0.29) is 28.2 Å². The van der Waals surface area contributed by atoms with Gasteiger partial charge in [-0.1, -0.05) is 18.6 Å². The fourth-order valence-corrected chi connectivity index (χ4v) is 3.90. The zero-order valence-corrected chi connectivity index (χ0v) is 14.3. The smallest absolute Gasteiger partial charge is 0.238 e. The quantitative estimate of drug-likeness (QED) is 0.877. The number of sulfonamides is 1. The largest absolute Gasteiger partial charge is 0.381 e. The fraction of sp³-hybridized carbons (Fsp3) is 0.278. The third kappa shape index (κ3) is 3.81. The van der Waals surface area contributed by atoms with E-state index in [0.29, 0.717) is 5.69 Å². The van der Waals surface area contributed by atoms with E-state index in [0.717, 1.165) is 24.8 Å². The van der Waals surface area contributed by atoms with Crippen molar-refractivity contribution in [2.75, 3.05) is 5.32 Å². The molecule has 3 rings (SSSR count). The summed E-state index contributed by atoms with van der Waals surface area (Å²) in [5.74, 6) is -0.0540. The number of halogens is 1. The molecule has 130 valence electrons. The van der Waals surface area contributed by atoms with Crippen LogP contribution < -0.4 is 10.5 Å². The molecule has 0 amide bonds. The van der Waals surface area contributed by atoms with Gasteiger partial charge in [-0.2, -0.15) is 5.26 Å². The average Bonchev–Trinajstić information content (AvgIpc) is 3.03. The Bertz CT molecular complexity index is 920. The maximum atomic E-state index is 13.1. The zero-order valence-electron chi connectivity index (χ0n) is 13.4. The van der Waals surface area contributed by atoms with E-state index in [1.54, 1.807) is 18.2 Å². The van der Waals surface area contributed by atoms with Crippen LogP contribution in [0.1, 0.15) is 36.3 Å². The molecule has 5 nitrogen and oxygen atoms in total. The predicted molar refractivity (Wildman–Crippen MR) is 92.9 cm³/mol. The molecule has 1 aliphatic carbocycles. The first-order chi connectivity index (χ1) is 11.9. The van der Waals surface area contributed by atoms with Gasteiger partial charge in [0, 0.05) is 12.0 Å². The molecule has 1 fully saturated rings. The highest BCUT2D eigenvalue weighted by Gasteiger charge is 2.29. The SMILES string of the molecule is N#Cc1cc(S(N)(=O)=O)ccc1NC1CCCC1c1ccc(F)cc1. The van der Waals surface area contributed by atoms with Crippen LogP contribution in [0.15, 0.2) is 47.4 Å². The van der Waals surface area contributed by atoms with Crippen molar-refractivity contribution >= 4 is 15.7 Å². The molecule has 3 N–H and O–H groups in total. The van der Waals surface area contributed by atoms with Crippen molar-refractivity contribution in [3.05, 3.63) is 59.4 Å². The van der Waals surface area contributed by atoms with Gasteiger partial charge in [0.15, 0.2) is 0 Å². The van der Waals surface area contributed by atoms with Crippen LogP contribution in [0.3, 0.4) is 0 Å². The van der Waals surface area contributed by atoms with Crippen molar-refractivity contribution in [1.29, 1.82) is 5.26 Å². The Morgan fingerprint density at radius 3 is 2.52 bits per heavy atom. The van der Waals surface area contributed by atoms with Crippen LogP contribution in [-0.2, 0) is 10.0 Å². The molecule has 0 aromatic heterocycles. The Hall–Kier alpha value is -2.43. The highest BCUT2D eigenvalue weighted by atomic mass is 32.2. The monoisotopic (exact) mass is 359 g/mol. The molecule has 1 aliphatic rings. The molecule has 0 saturated heterocycles. The van der Waals surface area contributed by atoms with Crippen molar-refractivity contribution in [3.8, 4) is 6.07 Å². The number of nitrogens with one attached hydrogen (secondary N) is 1. The summed E-state index contributed by atoms with van der Waals surface area (Å²) in [5.41, 5.74) is 1.86. The molecule has 2 unspecified atom stereocenters. The van der Waals surface area contributed by atoms with Gasteiger partial charge >= 0.3 is 0 Å². The van der Waals surface area contributed by atoms with Gasteiger partial charge in [-0.05, 0) is 48.7 Å². The number of hydrogen-bond donors (Lipinski definition) is 2. The van der Waals surface area contributed by atoms with Crippen LogP contribution in [0.25, 0.3) is 0 Å². The lowest BCUT2D eigenvalue weighted by Gasteiger charge is -2.23. The molecule has 7 heteroatoms. The molecule has 0 spiro atoms. The van der Waals surface area contributed by atoms with E-state index >= 15 is 0 Å². The number of hydrogen-bond acceptors (Lipinski definition) is 4. The maximum absolute atomic E-state index is 13.1. The van der Waals surface area contributed by atoms with Gasteiger partial charge in [-0.25, -0.2) is 17.9 Å². The van der Waals surface area contributed by atoms with Gasteiger partial charge in [0.05, 0.1) is 16.1 Å². The summed E-state index contributed by atoms with van der Waals surface area (Å²) in [5, 5.41) is 17.8. The Balaban J connectivity index is 1.86. The number of nitrogens with zero attached hydrogens (tertiary/aromatic N) is 1. The van der Waals surface area contributed by atoms with E-state index in [4.69, 9.17) is 5.14 Å². The minimum atomic E-state index is -3.85. The first-order valence-corrected chi connectivity index (χ1v) is 9.52. The molecule has 2 aromatic carbocycles. The molecule has 0 aliphatic heterocycles. The van der Waals surface area contributed by atoms with Crippen molar-refractivity contribution in [3.63, 3.8) is 0 Å². The summed E-state index contributed by atoms with van der Waals surface area (Å²) in [4.78, 5) is -0.0869. The van der Waals surface area contributed by atoms with Crippen molar-refractivity contribution in [2.45, 2.75) is 36.1 Å². The van der Waals surface area contributed by atoms with Gasteiger partial charge in [0.2, 0.25) is 10.0 Å². The third-order valence-electron chi connectivity index (χ3n) is 4.60. The van der Waals surface area contributed by atoms with Crippen molar-refractivity contribution in [2.24, 2.45) is 5.14 Å². The Kier molecular flexibility index (Phi) is 4.75. The summed E-state index contributed by atoms with van der Waals surface area (Å²) >= 11 is 0. The maximum Gasteiger partial charge on any atom is 0.238 e. The third-order valence-corrected chi connectivity index (χ3v) is 5.51. The number of rotatable bonds is 4. The summed E-state index contributed by atoms with van der Waals surface area (Å²) in [7, 11) is -3.85. The van der Waals surface area contributed by atoms with E-state index in [9.17, 15) is 18.1 Å². The Labute approximate surface area is 146 Å². The molecule has 0 radical (unpaired) electrons. The summed E-state index contributed by atoms with van der Waals surface area (Å²) in [6, 6.07) is 12.8. The average molecular weight is 359 g/mol. The van der Waals surface area contributed by atoms with Gasteiger partial charge in [-0.15, -0.1) is 0 Å². The number of nitriles is 1. The summed E-state index contributed by atoms with van der Waals surface area (Å²) in [6.45, 7) is 0. The van der Waals surface area contributed by atoms with Crippen LogP contribution in [-0.4, -0.2) is 14.5 Å². The van der Waals surface area contributed by atoms with Crippen LogP contribution in [0.2, 0.25) is 0 Å². The van der Waals surface area contributed by atoms with Crippen LogP contribution in [0, 0.1) is 17.1 Å².